The van der Waals surface area contributed by atoms with Gasteiger partial charge in [0.15, 0.2) is 0 Å². The van der Waals surface area contributed by atoms with Gasteiger partial charge in [0, 0.05) is 6.42 Å². The van der Waals surface area contributed by atoms with Crippen LogP contribution in [0.4, 0.5) is 0 Å². The summed E-state index contributed by atoms with van der Waals surface area (Å²) in [7, 11) is 3.32. The molecule has 0 aliphatic carbocycles. The fourth-order valence-electron chi connectivity index (χ4n) is 2.94. The highest BCUT2D eigenvalue weighted by Crippen LogP contribution is 2.29. The minimum absolute atomic E-state index is 0.0821. The Kier molecular flexibility index (Phi) is 6.24. The molecule has 0 saturated heterocycles. The third kappa shape index (κ3) is 4.75. The van der Waals surface area contributed by atoms with E-state index in [1.54, 1.807) is 14.2 Å². The molecule has 1 amide bonds. The lowest BCUT2D eigenvalue weighted by Crippen LogP contribution is -2.16. The van der Waals surface area contributed by atoms with Crippen molar-refractivity contribution in [1.82, 2.24) is 0 Å². The van der Waals surface area contributed by atoms with Gasteiger partial charge in [-0.15, -0.1) is 0 Å². The molecule has 2 N–H and O–H groups in total. The fraction of sp³-hybridized carbons (Fsp3) is 0.350. The summed E-state index contributed by atoms with van der Waals surface area (Å²) in [4.78, 5) is 11.5. The molecule has 2 rings (SSSR count). The highest BCUT2D eigenvalue weighted by atomic mass is 16.5. The van der Waals surface area contributed by atoms with E-state index in [-0.39, 0.29) is 11.8 Å². The lowest BCUT2D eigenvalue weighted by molar-refractivity contribution is -0.118. The van der Waals surface area contributed by atoms with Crippen LogP contribution in [0.2, 0.25) is 0 Å². The highest BCUT2D eigenvalue weighted by Gasteiger charge is 2.16. The van der Waals surface area contributed by atoms with Crippen LogP contribution in [0, 0.1) is 6.92 Å². The van der Waals surface area contributed by atoms with Crippen molar-refractivity contribution in [2.45, 2.75) is 32.1 Å². The van der Waals surface area contributed by atoms with Crippen LogP contribution < -0.4 is 15.2 Å². The second kappa shape index (κ2) is 8.39. The quantitative estimate of drug-likeness (QED) is 0.806. The van der Waals surface area contributed by atoms with Gasteiger partial charge in [-0.1, -0.05) is 29.8 Å². The molecular weight excluding hydrogens is 302 g/mol. The third-order valence-electron chi connectivity index (χ3n) is 4.23. The minimum atomic E-state index is -0.285. The van der Waals surface area contributed by atoms with Crippen LogP contribution in [0.25, 0.3) is 0 Å². The molecule has 24 heavy (non-hydrogen) atoms. The summed E-state index contributed by atoms with van der Waals surface area (Å²) in [5, 5.41) is 0. The van der Waals surface area contributed by atoms with E-state index in [0.717, 1.165) is 35.5 Å². The first-order valence-corrected chi connectivity index (χ1v) is 8.09. The van der Waals surface area contributed by atoms with Crippen molar-refractivity contribution in [3.63, 3.8) is 0 Å². The Bertz CT molecular complexity index is 680. The third-order valence-corrected chi connectivity index (χ3v) is 4.23. The van der Waals surface area contributed by atoms with Gasteiger partial charge >= 0.3 is 0 Å². The molecule has 128 valence electrons. The normalized spacial score (nSPS) is 11.8. The number of aryl methyl sites for hydroxylation is 2. The minimum Gasteiger partial charge on any atom is -0.497 e. The maximum absolute atomic E-state index is 11.5. The van der Waals surface area contributed by atoms with Gasteiger partial charge in [-0.25, -0.2) is 0 Å². The standard InChI is InChI=1S/C20H25NO3/c1-14-4-11-19(24-3)17(12-14)6-5-16(13-20(21)22)15-7-9-18(23-2)10-8-15/h4,7-12,16H,5-6,13H2,1-3H3,(H2,21,22). The Labute approximate surface area is 143 Å². The predicted octanol–water partition coefficient (Wildman–Crippen LogP) is 3.60. The number of rotatable bonds is 8. The van der Waals surface area contributed by atoms with Crippen LogP contribution in [-0.4, -0.2) is 20.1 Å². The lowest BCUT2D eigenvalue weighted by Gasteiger charge is -2.17. The summed E-state index contributed by atoms with van der Waals surface area (Å²) in [5.41, 5.74) is 8.90. The monoisotopic (exact) mass is 327 g/mol. The summed E-state index contributed by atoms with van der Waals surface area (Å²) in [6.45, 7) is 2.06. The van der Waals surface area contributed by atoms with E-state index in [0.29, 0.717) is 6.42 Å². The Morgan fingerprint density at radius 3 is 2.38 bits per heavy atom. The van der Waals surface area contributed by atoms with E-state index in [2.05, 4.69) is 13.0 Å². The number of amides is 1. The van der Waals surface area contributed by atoms with Gasteiger partial charge in [-0.3, -0.25) is 4.79 Å². The summed E-state index contributed by atoms with van der Waals surface area (Å²) in [6, 6.07) is 14.0. The van der Waals surface area contributed by atoms with Crippen LogP contribution in [0.1, 0.15) is 35.4 Å². The average Bonchev–Trinajstić information content (AvgIpc) is 2.58. The average molecular weight is 327 g/mol. The second-order valence-electron chi connectivity index (χ2n) is 5.99. The molecule has 1 atom stereocenters. The number of hydrogen-bond acceptors (Lipinski definition) is 3. The number of methoxy groups -OCH3 is 2. The molecule has 0 heterocycles. The molecule has 2 aromatic rings. The van der Waals surface area contributed by atoms with Gasteiger partial charge in [0.1, 0.15) is 11.5 Å². The Morgan fingerprint density at radius 2 is 1.79 bits per heavy atom. The molecule has 0 radical (unpaired) electrons. The van der Waals surface area contributed by atoms with Crippen LogP contribution in [0.5, 0.6) is 11.5 Å². The maximum Gasteiger partial charge on any atom is 0.218 e. The first kappa shape index (κ1) is 17.9. The number of benzene rings is 2. The first-order valence-electron chi connectivity index (χ1n) is 8.09. The maximum atomic E-state index is 11.5. The van der Waals surface area contributed by atoms with Gasteiger partial charge in [-0.2, -0.15) is 0 Å². The van der Waals surface area contributed by atoms with E-state index in [1.807, 2.05) is 36.4 Å². The summed E-state index contributed by atoms with van der Waals surface area (Å²) in [6.07, 6.45) is 1.99. The van der Waals surface area contributed by atoms with Crippen molar-refractivity contribution in [3.8, 4) is 11.5 Å². The van der Waals surface area contributed by atoms with Crippen LogP contribution in [0.3, 0.4) is 0 Å². The Hall–Kier alpha value is -2.49. The number of primary amides is 1. The van der Waals surface area contributed by atoms with Gasteiger partial charge < -0.3 is 15.2 Å². The number of carbonyl (C=O) groups excluding carboxylic acids is 1. The van der Waals surface area contributed by atoms with E-state index in [1.165, 1.54) is 5.56 Å². The van der Waals surface area contributed by atoms with Crippen molar-refractivity contribution < 1.29 is 14.3 Å². The Balaban J connectivity index is 2.17. The van der Waals surface area contributed by atoms with Crippen molar-refractivity contribution in [1.29, 1.82) is 0 Å². The molecule has 4 nitrogen and oxygen atoms in total. The SMILES string of the molecule is COc1ccc(C(CCc2cc(C)ccc2OC)CC(N)=O)cc1. The molecule has 4 heteroatoms. The fourth-order valence-corrected chi connectivity index (χ4v) is 2.94. The topological polar surface area (TPSA) is 61.6 Å². The van der Waals surface area contributed by atoms with Crippen LogP contribution in [-0.2, 0) is 11.2 Å². The molecule has 1 unspecified atom stereocenters. The second-order valence-corrected chi connectivity index (χ2v) is 5.99. The van der Waals surface area contributed by atoms with E-state index >= 15 is 0 Å². The number of ether oxygens (including phenoxy) is 2. The van der Waals surface area contributed by atoms with E-state index in [9.17, 15) is 4.79 Å². The number of carbonyl (C=O) groups is 1. The van der Waals surface area contributed by atoms with Crippen molar-refractivity contribution >= 4 is 5.91 Å². The summed E-state index contributed by atoms with van der Waals surface area (Å²) >= 11 is 0. The first-order chi connectivity index (χ1) is 11.5. The van der Waals surface area contributed by atoms with Crippen molar-refractivity contribution in [2.24, 2.45) is 5.73 Å². The molecule has 0 fully saturated rings. The van der Waals surface area contributed by atoms with Crippen molar-refractivity contribution in [3.05, 3.63) is 59.2 Å². The van der Waals surface area contributed by atoms with Gasteiger partial charge in [-0.05, 0) is 55.0 Å². The summed E-state index contributed by atoms with van der Waals surface area (Å²) < 4.78 is 10.6. The van der Waals surface area contributed by atoms with Gasteiger partial charge in [0.05, 0.1) is 14.2 Å². The van der Waals surface area contributed by atoms with Crippen LogP contribution >= 0.6 is 0 Å². The number of nitrogens with two attached hydrogens (primary N) is 1. The Morgan fingerprint density at radius 1 is 1.08 bits per heavy atom. The van der Waals surface area contributed by atoms with Gasteiger partial charge in [0.2, 0.25) is 5.91 Å². The molecule has 0 aliphatic heterocycles. The van der Waals surface area contributed by atoms with Crippen LogP contribution in [0.15, 0.2) is 42.5 Å². The van der Waals surface area contributed by atoms with E-state index < -0.39 is 0 Å². The number of hydrogen-bond donors (Lipinski definition) is 1. The zero-order valence-corrected chi connectivity index (χ0v) is 14.5. The molecule has 0 aromatic heterocycles. The molecule has 0 saturated carbocycles. The molecule has 0 aliphatic rings. The smallest absolute Gasteiger partial charge is 0.218 e. The molecule has 2 aromatic carbocycles. The molecule has 0 bridgehead atoms. The van der Waals surface area contributed by atoms with E-state index in [4.69, 9.17) is 15.2 Å². The van der Waals surface area contributed by atoms with Gasteiger partial charge in [0.25, 0.3) is 0 Å². The highest BCUT2D eigenvalue weighted by molar-refractivity contribution is 5.74. The van der Waals surface area contributed by atoms with Crippen molar-refractivity contribution in [2.75, 3.05) is 14.2 Å². The lowest BCUT2D eigenvalue weighted by atomic mass is 9.89. The summed E-state index contributed by atoms with van der Waals surface area (Å²) in [5.74, 6) is 1.48. The molecule has 0 spiro atoms. The zero-order valence-electron chi connectivity index (χ0n) is 14.5. The molecular formula is C20H25NO3. The predicted molar refractivity (Wildman–Crippen MR) is 95.6 cm³/mol. The zero-order chi connectivity index (χ0) is 17.5. The largest absolute Gasteiger partial charge is 0.497 e.